The molecule has 104 valence electrons. The van der Waals surface area contributed by atoms with Gasteiger partial charge in [-0.2, -0.15) is 0 Å². The lowest BCUT2D eigenvalue weighted by molar-refractivity contribution is 0.262. The van der Waals surface area contributed by atoms with Crippen molar-refractivity contribution < 1.29 is 5.11 Å². The van der Waals surface area contributed by atoms with Crippen molar-refractivity contribution in [2.75, 3.05) is 6.54 Å². The van der Waals surface area contributed by atoms with Crippen molar-refractivity contribution >= 4 is 0 Å². The molecule has 0 heterocycles. The normalized spacial score (nSPS) is 27.4. The van der Waals surface area contributed by atoms with E-state index in [1.165, 1.54) is 44.1 Å². The third-order valence-corrected chi connectivity index (χ3v) is 4.79. The summed E-state index contributed by atoms with van der Waals surface area (Å²) >= 11 is 0. The molecule has 3 rings (SSSR count). The molecule has 2 unspecified atom stereocenters. The monoisotopic (exact) mass is 259 g/mol. The van der Waals surface area contributed by atoms with Crippen LogP contribution >= 0.6 is 0 Å². The summed E-state index contributed by atoms with van der Waals surface area (Å²) in [5, 5.41) is 13.0. The first-order valence-electron chi connectivity index (χ1n) is 7.82. The molecule has 2 heteroatoms. The molecule has 0 spiro atoms. The second-order valence-corrected chi connectivity index (χ2v) is 6.33. The standard InChI is InChI=1S/C17H25NO/c19-17-8-4-13(5-9-17)10-11-18-16-3-1-2-15(12-16)14-6-7-14/h4-5,8-9,14-16,18-19H,1-3,6-7,10-12H2. The highest BCUT2D eigenvalue weighted by Crippen LogP contribution is 2.43. The summed E-state index contributed by atoms with van der Waals surface area (Å²) in [6.07, 6.45) is 9.69. The van der Waals surface area contributed by atoms with Crippen LogP contribution in [-0.2, 0) is 6.42 Å². The molecule has 0 saturated heterocycles. The number of aromatic hydroxyl groups is 1. The fourth-order valence-corrected chi connectivity index (χ4v) is 3.49. The molecule has 19 heavy (non-hydrogen) atoms. The second-order valence-electron chi connectivity index (χ2n) is 6.33. The fourth-order valence-electron chi connectivity index (χ4n) is 3.49. The smallest absolute Gasteiger partial charge is 0.115 e. The van der Waals surface area contributed by atoms with Crippen LogP contribution in [0.25, 0.3) is 0 Å². The van der Waals surface area contributed by atoms with Gasteiger partial charge in [-0.25, -0.2) is 0 Å². The van der Waals surface area contributed by atoms with Crippen LogP contribution in [0.1, 0.15) is 44.1 Å². The summed E-state index contributed by atoms with van der Waals surface area (Å²) in [5.41, 5.74) is 1.31. The van der Waals surface area contributed by atoms with E-state index >= 15 is 0 Å². The molecule has 2 fully saturated rings. The summed E-state index contributed by atoms with van der Waals surface area (Å²) in [6, 6.07) is 8.34. The first-order chi connectivity index (χ1) is 9.31. The van der Waals surface area contributed by atoms with Crippen molar-refractivity contribution in [3.05, 3.63) is 29.8 Å². The first kappa shape index (κ1) is 13.0. The largest absolute Gasteiger partial charge is 0.508 e. The van der Waals surface area contributed by atoms with Crippen LogP contribution in [0.2, 0.25) is 0 Å². The average Bonchev–Trinajstić information content (AvgIpc) is 3.26. The minimum atomic E-state index is 0.358. The Kier molecular flexibility index (Phi) is 4.07. The molecule has 2 saturated carbocycles. The summed E-state index contributed by atoms with van der Waals surface area (Å²) < 4.78 is 0. The van der Waals surface area contributed by atoms with Crippen molar-refractivity contribution in [3.63, 3.8) is 0 Å². The number of hydrogen-bond acceptors (Lipinski definition) is 2. The van der Waals surface area contributed by atoms with Crippen molar-refractivity contribution in [2.45, 2.75) is 51.0 Å². The second kappa shape index (κ2) is 5.96. The molecule has 2 aliphatic carbocycles. The molecular weight excluding hydrogens is 234 g/mol. The predicted octanol–water partition coefficient (Wildman–Crippen LogP) is 3.49. The van der Waals surface area contributed by atoms with Gasteiger partial charge in [0.1, 0.15) is 5.75 Å². The molecule has 0 bridgehead atoms. The molecule has 2 nitrogen and oxygen atoms in total. The maximum Gasteiger partial charge on any atom is 0.115 e. The third-order valence-electron chi connectivity index (χ3n) is 4.79. The highest BCUT2D eigenvalue weighted by Gasteiger charge is 2.34. The maximum absolute atomic E-state index is 9.26. The molecule has 0 aromatic heterocycles. The minimum Gasteiger partial charge on any atom is -0.508 e. The van der Waals surface area contributed by atoms with Gasteiger partial charge in [0.25, 0.3) is 0 Å². The van der Waals surface area contributed by atoms with Crippen LogP contribution in [0.4, 0.5) is 0 Å². The Balaban J connectivity index is 1.40. The lowest BCUT2D eigenvalue weighted by Crippen LogP contribution is -2.35. The van der Waals surface area contributed by atoms with E-state index in [2.05, 4.69) is 5.32 Å². The van der Waals surface area contributed by atoms with E-state index in [1.54, 1.807) is 12.1 Å². The summed E-state index contributed by atoms with van der Waals surface area (Å²) in [5.74, 6) is 2.44. The molecule has 2 N–H and O–H groups in total. The zero-order valence-corrected chi connectivity index (χ0v) is 11.6. The van der Waals surface area contributed by atoms with Gasteiger partial charge in [-0.05, 0) is 68.2 Å². The van der Waals surface area contributed by atoms with Gasteiger partial charge in [-0.15, -0.1) is 0 Å². The average molecular weight is 259 g/mol. The Morgan fingerprint density at radius 1 is 1.00 bits per heavy atom. The highest BCUT2D eigenvalue weighted by atomic mass is 16.3. The van der Waals surface area contributed by atoms with Gasteiger partial charge >= 0.3 is 0 Å². The van der Waals surface area contributed by atoms with Crippen molar-refractivity contribution in [3.8, 4) is 5.75 Å². The predicted molar refractivity (Wildman–Crippen MR) is 78.3 cm³/mol. The molecule has 2 aliphatic rings. The number of phenols is 1. The van der Waals surface area contributed by atoms with E-state index in [0.29, 0.717) is 5.75 Å². The maximum atomic E-state index is 9.26. The Hall–Kier alpha value is -1.02. The van der Waals surface area contributed by atoms with Crippen molar-refractivity contribution in [1.29, 1.82) is 0 Å². The number of nitrogens with one attached hydrogen (secondary N) is 1. The SMILES string of the molecule is Oc1ccc(CCNC2CCCC(C3CC3)C2)cc1. The van der Waals surface area contributed by atoms with Crippen LogP contribution in [0.3, 0.4) is 0 Å². The molecular formula is C17H25NO. The van der Waals surface area contributed by atoms with E-state index in [0.717, 1.165) is 30.8 Å². The van der Waals surface area contributed by atoms with Gasteiger partial charge in [0.05, 0.1) is 0 Å². The first-order valence-corrected chi connectivity index (χ1v) is 7.82. The lowest BCUT2D eigenvalue weighted by atomic mass is 9.82. The van der Waals surface area contributed by atoms with Gasteiger partial charge < -0.3 is 10.4 Å². The number of hydrogen-bond donors (Lipinski definition) is 2. The number of phenolic OH excluding ortho intramolecular Hbond substituents is 1. The molecule has 1 aromatic rings. The molecule has 2 atom stereocenters. The summed E-state index contributed by atoms with van der Waals surface area (Å²) in [7, 11) is 0. The molecule has 0 radical (unpaired) electrons. The van der Waals surface area contributed by atoms with Crippen LogP contribution in [0.5, 0.6) is 5.75 Å². The minimum absolute atomic E-state index is 0.358. The van der Waals surface area contributed by atoms with Gasteiger partial charge in [0.2, 0.25) is 0 Å². The van der Waals surface area contributed by atoms with Gasteiger partial charge in [-0.3, -0.25) is 0 Å². The summed E-state index contributed by atoms with van der Waals surface area (Å²) in [6.45, 7) is 1.06. The van der Waals surface area contributed by atoms with Gasteiger partial charge in [0, 0.05) is 6.04 Å². The van der Waals surface area contributed by atoms with E-state index in [4.69, 9.17) is 0 Å². The third kappa shape index (κ3) is 3.73. The number of benzene rings is 1. The van der Waals surface area contributed by atoms with Gasteiger partial charge in [0.15, 0.2) is 0 Å². The zero-order valence-electron chi connectivity index (χ0n) is 11.6. The van der Waals surface area contributed by atoms with Crippen LogP contribution in [-0.4, -0.2) is 17.7 Å². The van der Waals surface area contributed by atoms with E-state index in [1.807, 2.05) is 12.1 Å². The lowest BCUT2D eigenvalue weighted by Gasteiger charge is -2.30. The molecule has 0 aliphatic heterocycles. The van der Waals surface area contributed by atoms with Crippen molar-refractivity contribution in [2.24, 2.45) is 11.8 Å². The van der Waals surface area contributed by atoms with E-state index in [9.17, 15) is 5.11 Å². The van der Waals surface area contributed by atoms with Gasteiger partial charge in [-0.1, -0.05) is 25.0 Å². The molecule has 0 amide bonds. The van der Waals surface area contributed by atoms with E-state index < -0.39 is 0 Å². The van der Waals surface area contributed by atoms with Crippen molar-refractivity contribution in [1.82, 2.24) is 5.32 Å². The van der Waals surface area contributed by atoms with Crippen LogP contribution in [0.15, 0.2) is 24.3 Å². The van der Waals surface area contributed by atoms with E-state index in [-0.39, 0.29) is 0 Å². The Morgan fingerprint density at radius 3 is 2.53 bits per heavy atom. The zero-order chi connectivity index (χ0) is 13.1. The van der Waals surface area contributed by atoms with Crippen LogP contribution in [0, 0.1) is 11.8 Å². The highest BCUT2D eigenvalue weighted by molar-refractivity contribution is 5.25. The van der Waals surface area contributed by atoms with Crippen LogP contribution < -0.4 is 5.32 Å². The fraction of sp³-hybridized carbons (Fsp3) is 0.647. The molecule has 1 aromatic carbocycles. The number of rotatable bonds is 5. The Bertz CT molecular complexity index is 396. The summed E-state index contributed by atoms with van der Waals surface area (Å²) in [4.78, 5) is 0. The Labute approximate surface area is 116 Å². The quantitative estimate of drug-likeness (QED) is 0.848. The topological polar surface area (TPSA) is 32.3 Å². The Morgan fingerprint density at radius 2 is 1.79 bits per heavy atom.